The second-order valence-corrected chi connectivity index (χ2v) is 7.39. The number of rotatable bonds is 5. The fourth-order valence-electron chi connectivity index (χ4n) is 2.38. The number of nitrogens with zero attached hydrogens (tertiary/aromatic N) is 1. The number of carbonyl (C=O) groups is 1. The number of benzene rings is 1. The van der Waals surface area contributed by atoms with Crippen LogP contribution in [0.1, 0.15) is 11.1 Å². The van der Waals surface area contributed by atoms with Gasteiger partial charge in [0.2, 0.25) is 0 Å². The monoisotopic (exact) mass is 332 g/mol. The molecule has 1 fully saturated rings. The molecule has 2 amide bonds. The van der Waals surface area contributed by atoms with Gasteiger partial charge < -0.3 is 15.0 Å². The van der Waals surface area contributed by atoms with E-state index in [9.17, 15) is 13.2 Å². The molecule has 1 aromatic carbocycles. The molecule has 0 atom stereocenters. The fourth-order valence-corrected chi connectivity index (χ4v) is 3.99. The van der Waals surface area contributed by atoms with Gasteiger partial charge in [0.05, 0.1) is 11.4 Å². The van der Waals surface area contributed by atoms with Crippen LogP contribution in [0.3, 0.4) is 0 Å². The lowest BCUT2D eigenvalue weighted by Crippen LogP contribution is -2.31. The first kappa shape index (κ1) is 15.9. The van der Waals surface area contributed by atoms with Crippen LogP contribution in [0.25, 0.3) is 0 Å². The SMILES string of the molecule is Cc1cc(OCCN2CCNC2=O)cc(C)c1S(=O)(=O)Cl. The van der Waals surface area contributed by atoms with Gasteiger partial charge in [-0.3, -0.25) is 0 Å². The minimum atomic E-state index is -3.77. The Kier molecular flexibility index (Phi) is 4.63. The maximum Gasteiger partial charge on any atom is 0.317 e. The number of hydrogen-bond donors (Lipinski definition) is 1. The average Bonchev–Trinajstić information content (AvgIpc) is 2.72. The highest BCUT2D eigenvalue weighted by Gasteiger charge is 2.20. The fraction of sp³-hybridized carbons (Fsp3) is 0.462. The van der Waals surface area contributed by atoms with Crippen molar-refractivity contribution >= 4 is 25.8 Å². The van der Waals surface area contributed by atoms with Crippen molar-refractivity contribution in [3.8, 4) is 5.75 Å². The summed E-state index contributed by atoms with van der Waals surface area (Å²) in [5, 5.41) is 2.71. The molecule has 0 aliphatic carbocycles. The predicted molar refractivity (Wildman–Crippen MR) is 79.4 cm³/mol. The van der Waals surface area contributed by atoms with E-state index in [1.165, 1.54) is 0 Å². The summed E-state index contributed by atoms with van der Waals surface area (Å²) in [7, 11) is 1.64. The summed E-state index contributed by atoms with van der Waals surface area (Å²) in [5.41, 5.74) is 1.08. The van der Waals surface area contributed by atoms with Gasteiger partial charge in [0.1, 0.15) is 12.4 Å². The first-order valence-electron chi connectivity index (χ1n) is 6.50. The van der Waals surface area contributed by atoms with Crippen LogP contribution in [0, 0.1) is 13.8 Å². The zero-order chi connectivity index (χ0) is 15.6. The first-order chi connectivity index (χ1) is 9.79. The van der Waals surface area contributed by atoms with Crippen molar-refractivity contribution in [2.45, 2.75) is 18.7 Å². The van der Waals surface area contributed by atoms with E-state index in [-0.39, 0.29) is 10.9 Å². The molecule has 1 aromatic rings. The molecule has 1 heterocycles. The minimum Gasteiger partial charge on any atom is -0.492 e. The van der Waals surface area contributed by atoms with Gasteiger partial charge in [-0.1, -0.05) is 0 Å². The van der Waals surface area contributed by atoms with E-state index in [0.717, 1.165) is 0 Å². The van der Waals surface area contributed by atoms with Gasteiger partial charge in [-0.25, -0.2) is 13.2 Å². The van der Waals surface area contributed by atoms with Crippen molar-refractivity contribution in [1.29, 1.82) is 0 Å². The highest BCUT2D eigenvalue weighted by Crippen LogP contribution is 2.28. The smallest absolute Gasteiger partial charge is 0.317 e. The summed E-state index contributed by atoms with van der Waals surface area (Å²) in [4.78, 5) is 13.1. The van der Waals surface area contributed by atoms with E-state index in [1.54, 1.807) is 30.9 Å². The van der Waals surface area contributed by atoms with E-state index < -0.39 is 9.05 Å². The number of urea groups is 1. The lowest BCUT2D eigenvalue weighted by atomic mass is 10.1. The van der Waals surface area contributed by atoms with E-state index in [4.69, 9.17) is 15.4 Å². The number of halogens is 1. The Bertz CT molecular complexity index is 637. The molecule has 0 radical (unpaired) electrons. The summed E-state index contributed by atoms with van der Waals surface area (Å²) < 4.78 is 28.6. The molecule has 1 saturated heterocycles. The maximum absolute atomic E-state index is 11.5. The topological polar surface area (TPSA) is 75.7 Å². The normalized spacial score (nSPS) is 15.2. The summed E-state index contributed by atoms with van der Waals surface area (Å²) in [6, 6.07) is 3.17. The lowest BCUT2D eigenvalue weighted by molar-refractivity contribution is 0.202. The molecule has 2 rings (SSSR count). The molecule has 8 heteroatoms. The zero-order valence-electron chi connectivity index (χ0n) is 11.8. The Hall–Kier alpha value is -1.47. The van der Waals surface area contributed by atoms with Gasteiger partial charge >= 0.3 is 6.03 Å². The van der Waals surface area contributed by atoms with Gasteiger partial charge in [-0.15, -0.1) is 0 Å². The molecule has 21 heavy (non-hydrogen) atoms. The summed E-state index contributed by atoms with van der Waals surface area (Å²) in [5.74, 6) is 0.564. The molecule has 0 unspecified atom stereocenters. The Balaban J connectivity index is 2.03. The molecule has 0 bridgehead atoms. The van der Waals surface area contributed by atoms with Crippen molar-refractivity contribution < 1.29 is 17.9 Å². The van der Waals surface area contributed by atoms with Gasteiger partial charge in [0.25, 0.3) is 9.05 Å². The molecule has 0 saturated carbocycles. The van der Waals surface area contributed by atoms with Crippen LogP contribution < -0.4 is 10.1 Å². The highest BCUT2D eigenvalue weighted by molar-refractivity contribution is 8.13. The highest BCUT2D eigenvalue weighted by atomic mass is 35.7. The molecule has 0 aromatic heterocycles. The van der Waals surface area contributed by atoms with Gasteiger partial charge in [-0.05, 0) is 37.1 Å². The number of nitrogens with one attached hydrogen (secondary N) is 1. The number of carbonyl (C=O) groups excluding carboxylic acids is 1. The third kappa shape index (κ3) is 3.79. The number of ether oxygens (including phenoxy) is 1. The van der Waals surface area contributed by atoms with Crippen LogP contribution in [-0.4, -0.2) is 45.6 Å². The van der Waals surface area contributed by atoms with Crippen molar-refractivity contribution in [2.24, 2.45) is 0 Å². The van der Waals surface area contributed by atoms with E-state index >= 15 is 0 Å². The standard InChI is InChI=1S/C13H17ClN2O4S/c1-9-7-11(8-10(2)12(9)21(14,18)19)20-6-5-16-4-3-15-13(16)17/h7-8H,3-6H2,1-2H3,(H,15,17). The summed E-state index contributed by atoms with van der Waals surface area (Å²) >= 11 is 0. The third-order valence-electron chi connectivity index (χ3n) is 3.25. The molecule has 6 nitrogen and oxygen atoms in total. The molecule has 1 aliphatic heterocycles. The summed E-state index contributed by atoms with van der Waals surface area (Å²) in [6.07, 6.45) is 0. The number of amides is 2. The third-order valence-corrected chi connectivity index (χ3v) is 4.85. The van der Waals surface area contributed by atoms with Crippen LogP contribution in [-0.2, 0) is 9.05 Å². The lowest BCUT2D eigenvalue weighted by Gasteiger charge is -2.15. The second-order valence-electron chi connectivity index (χ2n) is 4.89. The van der Waals surface area contributed by atoms with Crippen LogP contribution in [0.5, 0.6) is 5.75 Å². The van der Waals surface area contributed by atoms with Crippen LogP contribution >= 0.6 is 10.7 Å². The van der Waals surface area contributed by atoms with Crippen molar-refractivity contribution in [3.63, 3.8) is 0 Å². The van der Waals surface area contributed by atoms with Crippen molar-refractivity contribution in [3.05, 3.63) is 23.3 Å². The molecule has 116 valence electrons. The molecule has 1 N–H and O–H groups in total. The summed E-state index contributed by atoms with van der Waals surface area (Å²) in [6.45, 7) is 5.49. The van der Waals surface area contributed by atoms with Crippen LogP contribution in [0.15, 0.2) is 17.0 Å². The van der Waals surface area contributed by atoms with Crippen molar-refractivity contribution in [2.75, 3.05) is 26.2 Å². The zero-order valence-corrected chi connectivity index (χ0v) is 13.4. The second kappa shape index (κ2) is 6.11. The Morgan fingerprint density at radius 1 is 1.33 bits per heavy atom. The maximum atomic E-state index is 11.5. The minimum absolute atomic E-state index is 0.0884. The van der Waals surface area contributed by atoms with Crippen LogP contribution in [0.2, 0.25) is 0 Å². The number of aryl methyl sites for hydroxylation is 2. The first-order valence-corrected chi connectivity index (χ1v) is 8.81. The Morgan fingerprint density at radius 2 is 1.95 bits per heavy atom. The predicted octanol–water partition coefficient (Wildman–Crippen LogP) is 1.63. The van der Waals surface area contributed by atoms with E-state index in [2.05, 4.69) is 5.32 Å². The quantitative estimate of drug-likeness (QED) is 0.832. The van der Waals surface area contributed by atoms with E-state index in [1.807, 2.05) is 0 Å². The number of hydrogen-bond acceptors (Lipinski definition) is 4. The Labute approximate surface area is 128 Å². The van der Waals surface area contributed by atoms with Gasteiger partial charge in [0.15, 0.2) is 0 Å². The Morgan fingerprint density at radius 3 is 2.43 bits per heavy atom. The molecular formula is C13H17ClN2O4S. The molecular weight excluding hydrogens is 316 g/mol. The van der Waals surface area contributed by atoms with E-state index in [0.29, 0.717) is 43.1 Å². The van der Waals surface area contributed by atoms with Crippen molar-refractivity contribution in [1.82, 2.24) is 10.2 Å². The average molecular weight is 333 g/mol. The molecule has 1 aliphatic rings. The van der Waals surface area contributed by atoms with Crippen LogP contribution in [0.4, 0.5) is 4.79 Å². The largest absolute Gasteiger partial charge is 0.492 e. The molecule has 0 spiro atoms. The van der Waals surface area contributed by atoms with Gasteiger partial charge in [-0.2, -0.15) is 0 Å². The van der Waals surface area contributed by atoms with Gasteiger partial charge in [0, 0.05) is 23.8 Å².